The van der Waals surface area contributed by atoms with Crippen LogP contribution in [0.4, 0.5) is 0 Å². The van der Waals surface area contributed by atoms with Crippen molar-refractivity contribution in [2.24, 2.45) is 11.8 Å². The number of ketones is 1. The van der Waals surface area contributed by atoms with Gasteiger partial charge in [0.2, 0.25) is 0 Å². The van der Waals surface area contributed by atoms with Crippen LogP contribution in [0.2, 0.25) is 0 Å². The smallest absolute Gasteiger partial charge is 0.316 e. The van der Waals surface area contributed by atoms with E-state index in [1.807, 2.05) is 0 Å². The third kappa shape index (κ3) is 3.66. The molecule has 1 aromatic carbocycles. The first-order valence-corrected chi connectivity index (χ1v) is 6.24. The molecule has 0 saturated carbocycles. The highest BCUT2D eigenvalue weighted by atomic mass is 16.5. The van der Waals surface area contributed by atoms with E-state index < -0.39 is 17.8 Å². The zero-order valence-corrected chi connectivity index (χ0v) is 11.8. The highest BCUT2D eigenvalue weighted by molar-refractivity contribution is 6.09. The molecule has 0 bridgehead atoms. The molecule has 0 aliphatic heterocycles. The van der Waals surface area contributed by atoms with Gasteiger partial charge in [0.15, 0.2) is 5.78 Å². The van der Waals surface area contributed by atoms with Gasteiger partial charge < -0.3 is 14.3 Å². The van der Waals surface area contributed by atoms with E-state index in [-0.39, 0.29) is 12.2 Å². The minimum absolute atomic E-state index is 0.127. The molecule has 20 heavy (non-hydrogen) atoms. The third-order valence-electron chi connectivity index (χ3n) is 3.15. The Morgan fingerprint density at radius 3 is 2.25 bits per heavy atom. The molecule has 0 amide bonds. The van der Waals surface area contributed by atoms with Crippen LogP contribution in [0.5, 0.6) is 5.75 Å². The van der Waals surface area contributed by atoms with E-state index in [0.29, 0.717) is 17.6 Å². The van der Waals surface area contributed by atoms with Gasteiger partial charge in [0, 0.05) is 12.0 Å². The van der Waals surface area contributed by atoms with E-state index >= 15 is 0 Å². The van der Waals surface area contributed by atoms with Crippen molar-refractivity contribution in [1.82, 2.24) is 0 Å². The number of aldehydes is 1. The molecule has 5 heteroatoms. The molecule has 0 aliphatic rings. The van der Waals surface area contributed by atoms with E-state index in [1.165, 1.54) is 14.2 Å². The van der Waals surface area contributed by atoms with Gasteiger partial charge in [-0.3, -0.25) is 9.59 Å². The van der Waals surface area contributed by atoms with Crippen LogP contribution in [-0.2, 0) is 14.3 Å². The number of Topliss-reactive ketones (excluding diaryl/α,β-unsaturated/α-hetero) is 1. The average Bonchev–Trinajstić information content (AvgIpc) is 2.47. The summed E-state index contributed by atoms with van der Waals surface area (Å²) in [7, 11) is 2.75. The van der Waals surface area contributed by atoms with Gasteiger partial charge in [-0.05, 0) is 30.2 Å². The van der Waals surface area contributed by atoms with Gasteiger partial charge in [0.05, 0.1) is 14.2 Å². The minimum Gasteiger partial charge on any atom is -0.497 e. The van der Waals surface area contributed by atoms with Crippen LogP contribution in [-0.4, -0.2) is 32.3 Å². The second-order valence-electron chi connectivity index (χ2n) is 4.47. The molecule has 0 saturated heterocycles. The molecular weight excluding hydrogens is 260 g/mol. The first-order chi connectivity index (χ1) is 9.54. The molecule has 1 aromatic rings. The van der Waals surface area contributed by atoms with Gasteiger partial charge in [0.1, 0.15) is 18.0 Å². The van der Waals surface area contributed by atoms with Crippen LogP contribution in [0.3, 0.4) is 0 Å². The second-order valence-corrected chi connectivity index (χ2v) is 4.47. The van der Waals surface area contributed by atoms with Crippen molar-refractivity contribution < 1.29 is 23.9 Å². The van der Waals surface area contributed by atoms with E-state index in [9.17, 15) is 14.4 Å². The van der Waals surface area contributed by atoms with Crippen molar-refractivity contribution in [3.05, 3.63) is 29.8 Å². The molecule has 108 valence electrons. The Morgan fingerprint density at radius 2 is 1.80 bits per heavy atom. The van der Waals surface area contributed by atoms with Crippen LogP contribution in [0.25, 0.3) is 0 Å². The number of rotatable bonds is 7. The lowest BCUT2D eigenvalue weighted by Crippen LogP contribution is -2.31. The normalized spacial score (nSPS) is 13.2. The Morgan fingerprint density at radius 1 is 1.20 bits per heavy atom. The van der Waals surface area contributed by atoms with Crippen LogP contribution >= 0.6 is 0 Å². The molecule has 5 nitrogen and oxygen atoms in total. The number of benzene rings is 1. The van der Waals surface area contributed by atoms with Crippen molar-refractivity contribution in [3.63, 3.8) is 0 Å². The van der Waals surface area contributed by atoms with Crippen LogP contribution in [0.15, 0.2) is 24.3 Å². The van der Waals surface area contributed by atoms with Crippen molar-refractivity contribution in [2.75, 3.05) is 14.2 Å². The van der Waals surface area contributed by atoms with Crippen LogP contribution < -0.4 is 4.74 Å². The number of methoxy groups -OCH3 is 2. The van der Waals surface area contributed by atoms with E-state index in [1.54, 1.807) is 31.2 Å². The van der Waals surface area contributed by atoms with Crippen molar-refractivity contribution >= 4 is 18.0 Å². The maximum absolute atomic E-state index is 12.4. The SMILES string of the molecule is COC(=O)C(C(=O)c1ccc(OC)cc1)C(C)CC=O. The highest BCUT2D eigenvalue weighted by Gasteiger charge is 2.33. The number of carbonyl (C=O) groups is 3. The average molecular weight is 278 g/mol. The van der Waals surface area contributed by atoms with E-state index in [0.717, 1.165) is 0 Å². The molecule has 0 radical (unpaired) electrons. The molecule has 0 heterocycles. The summed E-state index contributed by atoms with van der Waals surface area (Å²) in [5.74, 6) is -1.74. The first-order valence-electron chi connectivity index (χ1n) is 6.24. The molecule has 0 N–H and O–H groups in total. The fourth-order valence-corrected chi connectivity index (χ4v) is 1.95. The van der Waals surface area contributed by atoms with Gasteiger partial charge >= 0.3 is 5.97 Å². The Kier molecular flexibility index (Phi) is 5.90. The Labute approximate surface area is 117 Å². The van der Waals surface area contributed by atoms with Crippen molar-refractivity contribution in [1.29, 1.82) is 0 Å². The summed E-state index contributed by atoms with van der Waals surface area (Å²) in [6.45, 7) is 1.68. The Bertz CT molecular complexity index is 478. The zero-order valence-electron chi connectivity index (χ0n) is 11.8. The molecule has 0 aliphatic carbocycles. The van der Waals surface area contributed by atoms with Gasteiger partial charge in [-0.1, -0.05) is 6.92 Å². The van der Waals surface area contributed by atoms with Crippen LogP contribution in [0, 0.1) is 11.8 Å². The van der Waals surface area contributed by atoms with E-state index in [4.69, 9.17) is 4.74 Å². The minimum atomic E-state index is -0.974. The summed E-state index contributed by atoms with van der Waals surface area (Å²) < 4.78 is 9.68. The number of hydrogen-bond donors (Lipinski definition) is 0. The molecule has 1 rings (SSSR count). The lowest BCUT2D eigenvalue weighted by molar-refractivity contribution is -0.145. The first kappa shape index (κ1) is 15.9. The van der Waals surface area contributed by atoms with Crippen LogP contribution in [0.1, 0.15) is 23.7 Å². The molecule has 0 aromatic heterocycles. The Balaban J connectivity index is 3.02. The van der Waals surface area contributed by atoms with Gasteiger partial charge in [-0.25, -0.2) is 0 Å². The lowest BCUT2D eigenvalue weighted by Gasteiger charge is -2.19. The maximum atomic E-state index is 12.4. The largest absolute Gasteiger partial charge is 0.497 e. The van der Waals surface area contributed by atoms with E-state index in [2.05, 4.69) is 4.74 Å². The quantitative estimate of drug-likeness (QED) is 0.330. The predicted molar refractivity (Wildman–Crippen MR) is 72.7 cm³/mol. The standard InChI is InChI=1S/C15H18O5/c1-10(8-9-16)13(15(18)20-3)14(17)11-4-6-12(19-2)7-5-11/h4-7,9-10,13H,8H2,1-3H3. The molecule has 0 spiro atoms. The number of ether oxygens (including phenoxy) is 2. The molecule has 2 atom stereocenters. The monoisotopic (exact) mass is 278 g/mol. The number of esters is 1. The zero-order chi connectivity index (χ0) is 15.1. The maximum Gasteiger partial charge on any atom is 0.316 e. The molecule has 0 fully saturated rings. The van der Waals surface area contributed by atoms with Crippen molar-refractivity contribution in [2.45, 2.75) is 13.3 Å². The molecular formula is C15H18O5. The summed E-state index contributed by atoms with van der Waals surface area (Å²) in [6.07, 6.45) is 0.823. The fraction of sp³-hybridized carbons (Fsp3) is 0.400. The van der Waals surface area contributed by atoms with Gasteiger partial charge in [-0.15, -0.1) is 0 Å². The number of carbonyl (C=O) groups excluding carboxylic acids is 3. The predicted octanol–water partition coefficient (Wildman–Crippen LogP) is 1.89. The third-order valence-corrected chi connectivity index (χ3v) is 3.15. The van der Waals surface area contributed by atoms with Crippen molar-refractivity contribution in [3.8, 4) is 5.75 Å². The topological polar surface area (TPSA) is 69.7 Å². The molecule has 2 unspecified atom stereocenters. The lowest BCUT2D eigenvalue weighted by atomic mass is 9.85. The summed E-state index contributed by atoms with van der Waals surface area (Å²) >= 11 is 0. The summed E-state index contributed by atoms with van der Waals surface area (Å²) in [4.78, 5) is 34.8. The summed E-state index contributed by atoms with van der Waals surface area (Å²) in [5, 5.41) is 0. The highest BCUT2D eigenvalue weighted by Crippen LogP contribution is 2.22. The van der Waals surface area contributed by atoms with Gasteiger partial charge in [-0.2, -0.15) is 0 Å². The second kappa shape index (κ2) is 7.43. The fourth-order valence-electron chi connectivity index (χ4n) is 1.95. The number of hydrogen-bond acceptors (Lipinski definition) is 5. The summed E-state index contributed by atoms with van der Waals surface area (Å²) in [6, 6.07) is 6.47. The Hall–Kier alpha value is -2.17. The summed E-state index contributed by atoms with van der Waals surface area (Å²) in [5.41, 5.74) is 0.388. The van der Waals surface area contributed by atoms with Gasteiger partial charge in [0.25, 0.3) is 0 Å².